The first-order chi connectivity index (χ1) is 16.4. The summed E-state index contributed by atoms with van der Waals surface area (Å²) in [5, 5.41) is 12.6. The molecular weight excluding hydrogens is 458 g/mol. The Morgan fingerprint density at radius 1 is 1.15 bits per heavy atom. The number of hydrogen-bond donors (Lipinski definition) is 3. The number of urea groups is 1. The molecule has 1 aromatic heterocycles. The van der Waals surface area contributed by atoms with Crippen LogP contribution in [-0.4, -0.2) is 68.1 Å². The number of benzene rings is 1. The van der Waals surface area contributed by atoms with Gasteiger partial charge in [-0.3, -0.25) is 19.5 Å². The van der Waals surface area contributed by atoms with Crippen molar-refractivity contribution in [3.8, 4) is 0 Å². The summed E-state index contributed by atoms with van der Waals surface area (Å²) in [5.41, 5.74) is 6.80. The standard InChI is InChI=1S/C23H21N5O5S/c24-20(29)12-1-3-13(4-2-12)26-23(33)27-10-7-15-16(11-34-14-5-8-25-9-6-14)18(22(31)32)28-17(15)19(27)21(28)30/h1-6,8-9,15,17,19H,7,10-11H2,(H2,24,29)(H,26,33)(H,31,32)/t15?,17-,19+/m1/s1. The van der Waals surface area contributed by atoms with Crippen LogP contribution in [0.4, 0.5) is 10.5 Å². The molecule has 3 aliphatic heterocycles. The number of likely N-dealkylation sites (tertiary alicyclic amines) is 1. The maximum absolute atomic E-state index is 13.0. The second-order valence-electron chi connectivity index (χ2n) is 8.25. The molecule has 4 heterocycles. The van der Waals surface area contributed by atoms with Gasteiger partial charge in [0.25, 0.3) is 5.91 Å². The van der Waals surface area contributed by atoms with E-state index < -0.39 is 23.9 Å². The number of carboxylic acid groups (broad SMARTS) is 1. The number of nitrogens with two attached hydrogens (primary N) is 1. The number of amides is 4. The highest BCUT2D eigenvalue weighted by molar-refractivity contribution is 7.99. The molecule has 5 rings (SSSR count). The van der Waals surface area contributed by atoms with Crippen molar-refractivity contribution < 1.29 is 24.3 Å². The SMILES string of the molecule is NC(=O)c1ccc(NC(=O)N2CCC3C(CSc4ccncc4)=C(C(=O)O)N4C(=O)[C@@H]2[C@@H]34)cc1. The molecule has 2 saturated heterocycles. The third-order valence-corrected chi connectivity index (χ3v) is 7.52. The molecule has 2 aromatic rings. The number of carbonyl (C=O) groups is 4. The van der Waals surface area contributed by atoms with Crippen molar-refractivity contribution in [3.05, 3.63) is 65.6 Å². The molecule has 3 atom stereocenters. The van der Waals surface area contributed by atoms with Gasteiger partial charge in [0.05, 0.1) is 6.04 Å². The largest absolute Gasteiger partial charge is 0.477 e. The van der Waals surface area contributed by atoms with Gasteiger partial charge in [-0.2, -0.15) is 0 Å². The maximum Gasteiger partial charge on any atom is 0.352 e. The van der Waals surface area contributed by atoms with E-state index in [1.807, 2.05) is 12.1 Å². The lowest BCUT2D eigenvalue weighted by molar-refractivity contribution is -0.160. The van der Waals surface area contributed by atoms with E-state index in [2.05, 4.69) is 10.3 Å². The molecule has 34 heavy (non-hydrogen) atoms. The van der Waals surface area contributed by atoms with Gasteiger partial charge >= 0.3 is 12.0 Å². The van der Waals surface area contributed by atoms with E-state index in [9.17, 15) is 24.3 Å². The minimum atomic E-state index is -1.13. The van der Waals surface area contributed by atoms with Crippen molar-refractivity contribution >= 4 is 41.3 Å². The van der Waals surface area contributed by atoms with Crippen molar-refractivity contribution in [2.45, 2.75) is 23.4 Å². The number of β-lactam (4-membered cyclic amide) rings is 1. The molecule has 0 radical (unpaired) electrons. The number of nitrogens with zero attached hydrogens (tertiary/aromatic N) is 3. The first-order valence-electron chi connectivity index (χ1n) is 10.7. The summed E-state index contributed by atoms with van der Waals surface area (Å²) in [6.07, 6.45) is 3.91. The number of anilines is 1. The number of nitrogens with one attached hydrogen (secondary N) is 1. The van der Waals surface area contributed by atoms with Gasteiger partial charge in [0.1, 0.15) is 11.7 Å². The first-order valence-corrected chi connectivity index (χ1v) is 11.6. The molecule has 1 aromatic carbocycles. The number of aromatic nitrogens is 1. The van der Waals surface area contributed by atoms with Crippen LogP contribution in [0.25, 0.3) is 0 Å². The summed E-state index contributed by atoms with van der Waals surface area (Å²) in [4.78, 5) is 57.1. The van der Waals surface area contributed by atoms with E-state index in [0.717, 1.165) is 10.5 Å². The average Bonchev–Trinajstić information content (AvgIpc) is 3.16. The van der Waals surface area contributed by atoms with Crippen molar-refractivity contribution in [2.75, 3.05) is 17.6 Å². The minimum absolute atomic E-state index is 0.0436. The number of carbonyl (C=O) groups excluding carboxylic acids is 3. The van der Waals surface area contributed by atoms with Crippen LogP contribution >= 0.6 is 11.8 Å². The number of piperidine rings is 1. The third-order valence-electron chi connectivity index (χ3n) is 6.46. The van der Waals surface area contributed by atoms with Gasteiger partial charge in [0.2, 0.25) is 5.91 Å². The lowest BCUT2D eigenvalue weighted by Crippen LogP contribution is -2.74. The summed E-state index contributed by atoms with van der Waals surface area (Å²) in [5.74, 6) is -1.74. The Morgan fingerprint density at radius 3 is 2.50 bits per heavy atom. The predicted molar refractivity (Wildman–Crippen MR) is 123 cm³/mol. The molecule has 11 heteroatoms. The average molecular weight is 480 g/mol. The fraction of sp³-hybridized carbons (Fsp3) is 0.261. The van der Waals surface area contributed by atoms with Crippen LogP contribution in [0.1, 0.15) is 16.8 Å². The molecule has 174 valence electrons. The normalized spacial score (nSPS) is 22.8. The minimum Gasteiger partial charge on any atom is -0.477 e. The quantitative estimate of drug-likeness (QED) is 0.423. The van der Waals surface area contributed by atoms with Gasteiger partial charge in [-0.1, -0.05) is 0 Å². The fourth-order valence-electron chi connectivity index (χ4n) is 4.92. The first kappa shape index (κ1) is 22.0. The zero-order valence-electron chi connectivity index (χ0n) is 17.9. The van der Waals surface area contributed by atoms with E-state index in [1.54, 1.807) is 24.5 Å². The second kappa shape index (κ2) is 8.49. The summed E-state index contributed by atoms with van der Waals surface area (Å²) in [6.45, 7) is 0.326. The van der Waals surface area contributed by atoms with E-state index in [4.69, 9.17) is 5.73 Å². The van der Waals surface area contributed by atoms with Crippen LogP contribution in [-0.2, 0) is 9.59 Å². The van der Waals surface area contributed by atoms with Crippen LogP contribution < -0.4 is 11.1 Å². The van der Waals surface area contributed by atoms with Crippen LogP contribution in [0.15, 0.2) is 65.0 Å². The molecule has 10 nitrogen and oxygen atoms in total. The monoisotopic (exact) mass is 479 g/mol. The highest BCUT2D eigenvalue weighted by Crippen LogP contribution is 2.50. The summed E-state index contributed by atoms with van der Waals surface area (Å²) >= 11 is 1.50. The number of aliphatic carboxylic acids is 1. The van der Waals surface area contributed by atoms with Crippen molar-refractivity contribution in [3.63, 3.8) is 0 Å². The fourth-order valence-corrected chi connectivity index (χ4v) is 5.91. The van der Waals surface area contributed by atoms with Crippen LogP contribution in [0.5, 0.6) is 0 Å². The lowest BCUT2D eigenvalue weighted by Gasteiger charge is -2.53. The van der Waals surface area contributed by atoms with Gasteiger partial charge in [0.15, 0.2) is 0 Å². The van der Waals surface area contributed by atoms with Crippen molar-refractivity contribution in [1.82, 2.24) is 14.8 Å². The summed E-state index contributed by atoms with van der Waals surface area (Å²) in [7, 11) is 0. The van der Waals surface area contributed by atoms with E-state index in [0.29, 0.717) is 30.0 Å². The van der Waals surface area contributed by atoms with E-state index in [-0.39, 0.29) is 23.6 Å². The second-order valence-corrected chi connectivity index (χ2v) is 9.30. The molecule has 0 aliphatic carbocycles. The Bertz CT molecular complexity index is 1220. The highest BCUT2D eigenvalue weighted by Gasteiger charge is 2.64. The molecule has 2 fully saturated rings. The molecule has 0 saturated carbocycles. The van der Waals surface area contributed by atoms with Gasteiger partial charge in [-0.15, -0.1) is 11.8 Å². The Balaban J connectivity index is 1.33. The Hall–Kier alpha value is -3.86. The Kier molecular flexibility index (Phi) is 5.48. The number of carboxylic acids is 1. The Labute approximate surface area is 198 Å². The van der Waals surface area contributed by atoms with E-state index >= 15 is 0 Å². The molecule has 0 spiro atoms. The van der Waals surface area contributed by atoms with Crippen molar-refractivity contribution in [2.24, 2.45) is 11.7 Å². The third kappa shape index (κ3) is 3.58. The van der Waals surface area contributed by atoms with Gasteiger partial charge in [-0.05, 0) is 48.4 Å². The Morgan fingerprint density at radius 2 is 1.85 bits per heavy atom. The molecular formula is C23H21N5O5S. The molecule has 1 unspecified atom stereocenters. The maximum atomic E-state index is 13.0. The summed E-state index contributed by atoms with van der Waals surface area (Å²) < 4.78 is 0. The number of hydrogen-bond acceptors (Lipinski definition) is 6. The zero-order valence-corrected chi connectivity index (χ0v) is 18.7. The van der Waals surface area contributed by atoms with Gasteiger partial charge < -0.3 is 21.1 Å². The van der Waals surface area contributed by atoms with Gasteiger partial charge in [0, 0.05) is 46.8 Å². The number of primary amides is 1. The topological polar surface area (TPSA) is 146 Å². The van der Waals surface area contributed by atoms with Crippen molar-refractivity contribution in [1.29, 1.82) is 0 Å². The smallest absolute Gasteiger partial charge is 0.352 e. The highest BCUT2D eigenvalue weighted by atomic mass is 32.2. The number of pyridine rings is 1. The number of thioether (sulfide) groups is 1. The lowest BCUT2D eigenvalue weighted by atomic mass is 9.78. The molecule has 0 bridgehead atoms. The van der Waals surface area contributed by atoms with Crippen LogP contribution in [0.2, 0.25) is 0 Å². The van der Waals surface area contributed by atoms with E-state index in [1.165, 1.54) is 33.7 Å². The van der Waals surface area contributed by atoms with Crippen LogP contribution in [0, 0.1) is 5.92 Å². The molecule has 4 N–H and O–H groups in total. The molecule has 4 amide bonds. The summed E-state index contributed by atoms with van der Waals surface area (Å²) in [6, 6.07) is 8.32. The number of rotatable bonds is 6. The van der Waals surface area contributed by atoms with Gasteiger partial charge in [-0.25, -0.2) is 9.59 Å². The zero-order chi connectivity index (χ0) is 24.0. The molecule has 3 aliphatic rings. The van der Waals surface area contributed by atoms with Crippen LogP contribution in [0.3, 0.4) is 0 Å². The predicted octanol–water partition coefficient (Wildman–Crippen LogP) is 1.76.